The average Bonchev–Trinajstić information content (AvgIpc) is 3.00. The minimum absolute atomic E-state index is 0.0385. The predicted octanol–water partition coefficient (Wildman–Crippen LogP) is -0.144. The van der Waals surface area contributed by atoms with Crippen LogP contribution in [0.3, 0.4) is 0 Å². The summed E-state index contributed by atoms with van der Waals surface area (Å²) in [5.41, 5.74) is 0.706. The molecule has 0 radical (unpaired) electrons. The summed E-state index contributed by atoms with van der Waals surface area (Å²) in [4.78, 5) is 36.6. The molecule has 8 nitrogen and oxygen atoms in total. The Hall–Kier alpha value is -1.93. The molecule has 0 bridgehead atoms. The van der Waals surface area contributed by atoms with Crippen molar-refractivity contribution in [1.82, 2.24) is 24.6 Å². The molecule has 3 heterocycles. The van der Waals surface area contributed by atoms with Crippen LogP contribution in [0.2, 0.25) is 0 Å². The Morgan fingerprint density at radius 3 is 2.62 bits per heavy atom. The second-order valence-electron chi connectivity index (χ2n) is 6.83. The highest BCUT2D eigenvalue weighted by molar-refractivity contribution is 5.90. The third kappa shape index (κ3) is 3.59. The molecule has 132 valence electrons. The molecule has 2 aliphatic heterocycles. The molecule has 1 fully saturated rings. The van der Waals surface area contributed by atoms with E-state index in [1.807, 2.05) is 19.0 Å². The molecule has 0 atom stereocenters. The quantitative estimate of drug-likeness (QED) is 0.765. The van der Waals surface area contributed by atoms with Crippen LogP contribution in [-0.4, -0.2) is 90.3 Å². The standard InChI is InChI=1S/C16H25N5O3/c1-18(2)11-14(22)21-9-12-13(10-21)24-15(17-12)16(23)20-6-4-5-19(3)7-8-20/h4-11H2,1-3H3. The molecular formula is C16H25N5O3. The molecular weight excluding hydrogens is 310 g/mol. The summed E-state index contributed by atoms with van der Waals surface area (Å²) >= 11 is 0. The molecule has 2 amide bonds. The fraction of sp³-hybridized carbons (Fsp3) is 0.688. The lowest BCUT2D eigenvalue weighted by Gasteiger charge is -2.19. The second-order valence-corrected chi connectivity index (χ2v) is 6.83. The molecule has 8 heteroatoms. The first-order valence-electron chi connectivity index (χ1n) is 8.33. The summed E-state index contributed by atoms with van der Waals surface area (Å²) in [5.74, 6) is 0.684. The summed E-state index contributed by atoms with van der Waals surface area (Å²) in [6.07, 6.45) is 0.954. The summed E-state index contributed by atoms with van der Waals surface area (Å²) in [7, 11) is 5.78. The molecule has 0 spiro atoms. The SMILES string of the molecule is CN(C)CC(=O)N1Cc2nc(C(=O)N3CCCN(C)CC3)oc2C1. The van der Waals surface area contributed by atoms with Gasteiger partial charge in [0.15, 0.2) is 0 Å². The Kier molecular flexibility index (Phi) is 4.86. The average molecular weight is 335 g/mol. The zero-order valence-electron chi connectivity index (χ0n) is 14.6. The van der Waals surface area contributed by atoms with Gasteiger partial charge in [-0.2, -0.15) is 0 Å². The first kappa shape index (κ1) is 16.9. The number of likely N-dealkylation sites (N-methyl/N-ethyl adjacent to an activating group) is 2. The number of aromatic nitrogens is 1. The van der Waals surface area contributed by atoms with E-state index in [1.54, 1.807) is 9.80 Å². The van der Waals surface area contributed by atoms with Crippen LogP contribution < -0.4 is 0 Å². The minimum Gasteiger partial charge on any atom is -0.435 e. The smallest absolute Gasteiger partial charge is 0.309 e. The van der Waals surface area contributed by atoms with E-state index < -0.39 is 0 Å². The van der Waals surface area contributed by atoms with Crippen LogP contribution >= 0.6 is 0 Å². The number of nitrogens with zero attached hydrogens (tertiary/aromatic N) is 5. The largest absolute Gasteiger partial charge is 0.435 e. The van der Waals surface area contributed by atoms with Crippen molar-refractivity contribution in [1.29, 1.82) is 0 Å². The van der Waals surface area contributed by atoms with Crippen molar-refractivity contribution < 1.29 is 14.0 Å². The first-order valence-corrected chi connectivity index (χ1v) is 8.33. The maximum atomic E-state index is 12.6. The third-order valence-corrected chi connectivity index (χ3v) is 4.45. The van der Waals surface area contributed by atoms with Gasteiger partial charge in [-0.3, -0.25) is 9.59 Å². The van der Waals surface area contributed by atoms with Gasteiger partial charge in [0.1, 0.15) is 11.5 Å². The molecule has 0 aliphatic carbocycles. The van der Waals surface area contributed by atoms with Crippen LogP contribution in [0.4, 0.5) is 0 Å². The molecule has 1 saturated heterocycles. The highest BCUT2D eigenvalue weighted by Gasteiger charge is 2.32. The van der Waals surface area contributed by atoms with Crippen LogP contribution in [0.5, 0.6) is 0 Å². The summed E-state index contributed by atoms with van der Waals surface area (Å²) in [5, 5.41) is 0. The summed E-state index contributed by atoms with van der Waals surface area (Å²) < 4.78 is 5.67. The number of oxazole rings is 1. The fourth-order valence-electron chi connectivity index (χ4n) is 3.06. The molecule has 2 aliphatic rings. The predicted molar refractivity (Wildman–Crippen MR) is 87.3 cm³/mol. The maximum Gasteiger partial charge on any atom is 0.309 e. The Bertz CT molecular complexity index is 604. The van der Waals surface area contributed by atoms with E-state index in [2.05, 4.69) is 16.9 Å². The molecule has 1 aromatic rings. The molecule has 0 saturated carbocycles. The molecule has 1 aromatic heterocycles. The van der Waals surface area contributed by atoms with Crippen molar-refractivity contribution in [2.75, 3.05) is 53.9 Å². The number of fused-ring (bicyclic) bond motifs is 1. The van der Waals surface area contributed by atoms with Crippen molar-refractivity contribution in [3.8, 4) is 0 Å². The van der Waals surface area contributed by atoms with Crippen LogP contribution in [0.1, 0.15) is 28.6 Å². The van der Waals surface area contributed by atoms with Crippen LogP contribution in [-0.2, 0) is 17.9 Å². The van der Waals surface area contributed by atoms with Crippen molar-refractivity contribution in [3.63, 3.8) is 0 Å². The van der Waals surface area contributed by atoms with Crippen molar-refractivity contribution in [2.45, 2.75) is 19.5 Å². The molecule has 0 N–H and O–H groups in total. The van der Waals surface area contributed by atoms with Crippen LogP contribution in [0.25, 0.3) is 0 Å². The van der Waals surface area contributed by atoms with E-state index in [4.69, 9.17) is 4.42 Å². The second kappa shape index (κ2) is 6.90. The van der Waals surface area contributed by atoms with Gasteiger partial charge >= 0.3 is 5.91 Å². The van der Waals surface area contributed by atoms with E-state index in [9.17, 15) is 9.59 Å². The number of hydrogen-bond acceptors (Lipinski definition) is 6. The number of amides is 2. The first-order chi connectivity index (χ1) is 11.4. The van der Waals surface area contributed by atoms with Crippen molar-refractivity contribution >= 4 is 11.8 Å². The third-order valence-electron chi connectivity index (χ3n) is 4.45. The van der Waals surface area contributed by atoms with E-state index >= 15 is 0 Å². The van der Waals surface area contributed by atoms with Gasteiger partial charge in [0.2, 0.25) is 5.91 Å². The highest BCUT2D eigenvalue weighted by Crippen LogP contribution is 2.24. The van der Waals surface area contributed by atoms with E-state index in [0.29, 0.717) is 37.6 Å². The monoisotopic (exact) mass is 335 g/mol. The van der Waals surface area contributed by atoms with Crippen molar-refractivity contribution in [2.24, 2.45) is 0 Å². The van der Waals surface area contributed by atoms with Gasteiger partial charge in [0, 0.05) is 19.6 Å². The zero-order chi connectivity index (χ0) is 17.3. The van der Waals surface area contributed by atoms with E-state index in [0.717, 1.165) is 26.1 Å². The highest BCUT2D eigenvalue weighted by atomic mass is 16.4. The maximum absolute atomic E-state index is 12.6. The molecule has 0 aromatic carbocycles. The van der Waals surface area contributed by atoms with Gasteiger partial charge in [-0.1, -0.05) is 0 Å². The van der Waals surface area contributed by atoms with Gasteiger partial charge in [-0.15, -0.1) is 0 Å². The topological polar surface area (TPSA) is 73.1 Å². The number of carbonyl (C=O) groups excluding carboxylic acids is 2. The lowest BCUT2D eigenvalue weighted by Crippen LogP contribution is -2.35. The molecule has 3 rings (SSSR count). The van der Waals surface area contributed by atoms with Crippen molar-refractivity contribution in [3.05, 3.63) is 17.3 Å². The van der Waals surface area contributed by atoms with Crippen LogP contribution in [0, 0.1) is 0 Å². The summed E-state index contributed by atoms with van der Waals surface area (Å²) in [6, 6.07) is 0. The summed E-state index contributed by atoms with van der Waals surface area (Å²) in [6.45, 7) is 4.44. The Balaban J connectivity index is 1.63. The molecule has 24 heavy (non-hydrogen) atoms. The zero-order valence-corrected chi connectivity index (χ0v) is 14.6. The van der Waals surface area contributed by atoms with Gasteiger partial charge in [0.25, 0.3) is 5.89 Å². The van der Waals surface area contributed by atoms with Gasteiger partial charge in [-0.05, 0) is 34.1 Å². The van der Waals surface area contributed by atoms with Crippen LogP contribution in [0.15, 0.2) is 4.42 Å². The fourth-order valence-corrected chi connectivity index (χ4v) is 3.06. The molecule has 0 unspecified atom stereocenters. The minimum atomic E-state index is -0.147. The Labute approximate surface area is 142 Å². The number of rotatable bonds is 3. The lowest BCUT2D eigenvalue weighted by atomic mass is 10.4. The van der Waals surface area contributed by atoms with E-state index in [1.165, 1.54) is 0 Å². The number of hydrogen-bond donors (Lipinski definition) is 0. The lowest BCUT2D eigenvalue weighted by molar-refractivity contribution is -0.132. The van der Waals surface area contributed by atoms with Gasteiger partial charge < -0.3 is 24.0 Å². The number of carbonyl (C=O) groups is 2. The van der Waals surface area contributed by atoms with Gasteiger partial charge in [-0.25, -0.2) is 4.98 Å². The Morgan fingerprint density at radius 1 is 1.12 bits per heavy atom. The normalized spacial score (nSPS) is 18.8. The Morgan fingerprint density at radius 2 is 1.92 bits per heavy atom. The van der Waals surface area contributed by atoms with Gasteiger partial charge in [0.05, 0.1) is 19.6 Å². The van der Waals surface area contributed by atoms with E-state index in [-0.39, 0.29) is 17.7 Å².